The molecule has 0 aliphatic rings. The minimum Gasteiger partial charge on any atom is -0.477 e. The zero-order valence-electron chi connectivity index (χ0n) is 11.7. The Labute approximate surface area is 127 Å². The maximum atomic E-state index is 12.0. The van der Waals surface area contributed by atoms with Crippen molar-refractivity contribution in [2.45, 2.75) is 17.7 Å². The minimum atomic E-state index is -3.78. The molecule has 120 valence electrons. The van der Waals surface area contributed by atoms with Gasteiger partial charge < -0.3 is 14.6 Å². The summed E-state index contributed by atoms with van der Waals surface area (Å²) in [6.07, 6.45) is 1.32. The van der Waals surface area contributed by atoms with Crippen molar-refractivity contribution in [1.82, 2.24) is 4.72 Å². The minimum absolute atomic E-state index is 0.176. The van der Waals surface area contributed by atoms with Crippen molar-refractivity contribution in [3.8, 4) is 0 Å². The lowest BCUT2D eigenvalue weighted by Crippen LogP contribution is -2.26. The summed E-state index contributed by atoms with van der Waals surface area (Å²) >= 11 is 0.889. The molecule has 0 atom stereocenters. The Morgan fingerprint density at radius 1 is 1.33 bits per heavy atom. The molecule has 0 spiro atoms. The van der Waals surface area contributed by atoms with E-state index in [4.69, 9.17) is 14.6 Å². The van der Waals surface area contributed by atoms with Crippen molar-refractivity contribution in [3.63, 3.8) is 0 Å². The predicted octanol–water partition coefficient (Wildman–Crippen LogP) is 1.17. The standard InChI is InChI=1S/C12H19NO6S2/c1-18-7-8-19-6-3-2-5-13-21(16,17)10-4-9-20-11(10)12(14)15/h4,9,13H,2-3,5-8H2,1H3,(H,14,15). The number of carboxylic acid groups (broad SMARTS) is 1. The van der Waals surface area contributed by atoms with Crippen LogP contribution in [0, 0.1) is 0 Å². The van der Waals surface area contributed by atoms with Gasteiger partial charge in [0.25, 0.3) is 0 Å². The molecule has 0 aromatic carbocycles. The lowest BCUT2D eigenvalue weighted by Gasteiger charge is -2.06. The average Bonchev–Trinajstić information content (AvgIpc) is 2.92. The van der Waals surface area contributed by atoms with Gasteiger partial charge in [-0.2, -0.15) is 0 Å². The Morgan fingerprint density at radius 2 is 2.10 bits per heavy atom. The van der Waals surface area contributed by atoms with Crippen LogP contribution in [-0.4, -0.2) is 53.0 Å². The summed E-state index contributed by atoms with van der Waals surface area (Å²) in [5, 5.41) is 10.4. The Balaban J connectivity index is 2.34. The highest BCUT2D eigenvalue weighted by atomic mass is 32.2. The third-order valence-corrected chi connectivity index (χ3v) is 5.09. The first-order valence-corrected chi connectivity index (χ1v) is 8.72. The molecule has 9 heteroatoms. The molecular weight excluding hydrogens is 318 g/mol. The molecule has 2 N–H and O–H groups in total. The third kappa shape index (κ3) is 6.10. The summed E-state index contributed by atoms with van der Waals surface area (Å²) < 4.78 is 36.4. The Kier molecular flexibility index (Phi) is 7.83. The molecule has 0 unspecified atom stereocenters. The lowest BCUT2D eigenvalue weighted by molar-refractivity contribution is 0.0689. The number of ether oxygens (including phenoxy) is 2. The number of aromatic carboxylic acids is 1. The van der Waals surface area contributed by atoms with E-state index in [0.29, 0.717) is 32.7 Å². The van der Waals surface area contributed by atoms with E-state index in [1.165, 1.54) is 11.4 Å². The number of carboxylic acids is 1. The Hall–Kier alpha value is -1.00. The molecule has 7 nitrogen and oxygen atoms in total. The second-order valence-corrected chi connectivity index (χ2v) is 6.78. The van der Waals surface area contributed by atoms with Gasteiger partial charge in [-0.1, -0.05) is 0 Å². The largest absolute Gasteiger partial charge is 0.477 e. The molecule has 0 saturated heterocycles. The van der Waals surface area contributed by atoms with Gasteiger partial charge in [0.1, 0.15) is 9.77 Å². The van der Waals surface area contributed by atoms with Crippen molar-refractivity contribution in [2.24, 2.45) is 0 Å². The number of hydrogen-bond donors (Lipinski definition) is 2. The van der Waals surface area contributed by atoms with Crippen LogP contribution < -0.4 is 4.72 Å². The topological polar surface area (TPSA) is 102 Å². The predicted molar refractivity (Wildman–Crippen MR) is 78.4 cm³/mol. The molecule has 0 saturated carbocycles. The van der Waals surface area contributed by atoms with Crippen LogP contribution in [0.15, 0.2) is 16.3 Å². The van der Waals surface area contributed by atoms with E-state index in [2.05, 4.69) is 4.72 Å². The first-order valence-electron chi connectivity index (χ1n) is 6.36. The van der Waals surface area contributed by atoms with Gasteiger partial charge >= 0.3 is 5.97 Å². The zero-order valence-corrected chi connectivity index (χ0v) is 13.3. The number of sulfonamides is 1. The van der Waals surface area contributed by atoms with Crippen LogP contribution in [0.4, 0.5) is 0 Å². The fraction of sp³-hybridized carbons (Fsp3) is 0.583. The molecule has 0 bridgehead atoms. The van der Waals surface area contributed by atoms with Gasteiger partial charge in [0.2, 0.25) is 10.0 Å². The fourth-order valence-corrected chi connectivity index (χ4v) is 3.85. The van der Waals surface area contributed by atoms with E-state index < -0.39 is 16.0 Å². The molecule has 0 amide bonds. The second-order valence-electron chi connectivity index (χ2n) is 4.13. The number of hydrogen-bond acceptors (Lipinski definition) is 6. The molecule has 1 aromatic heterocycles. The van der Waals surface area contributed by atoms with Crippen LogP contribution >= 0.6 is 11.3 Å². The Morgan fingerprint density at radius 3 is 2.76 bits per heavy atom. The quantitative estimate of drug-likeness (QED) is 0.588. The van der Waals surface area contributed by atoms with E-state index in [9.17, 15) is 13.2 Å². The first-order chi connectivity index (χ1) is 9.99. The van der Waals surface area contributed by atoms with Crippen LogP contribution in [0.2, 0.25) is 0 Å². The van der Waals surface area contributed by atoms with Gasteiger partial charge in [-0.15, -0.1) is 11.3 Å². The zero-order chi connectivity index (χ0) is 15.7. The van der Waals surface area contributed by atoms with E-state index in [0.717, 1.165) is 11.3 Å². The van der Waals surface area contributed by atoms with E-state index in [1.807, 2.05) is 0 Å². The van der Waals surface area contributed by atoms with Crippen molar-refractivity contribution >= 4 is 27.3 Å². The molecule has 1 rings (SSSR count). The number of unbranched alkanes of at least 4 members (excludes halogenated alkanes) is 1. The van der Waals surface area contributed by atoms with Crippen molar-refractivity contribution in [3.05, 3.63) is 16.3 Å². The van der Waals surface area contributed by atoms with E-state index in [-0.39, 0.29) is 16.3 Å². The van der Waals surface area contributed by atoms with Gasteiger partial charge in [0, 0.05) is 20.3 Å². The molecule has 0 aliphatic carbocycles. The number of thiophene rings is 1. The first kappa shape index (κ1) is 18.1. The summed E-state index contributed by atoms with van der Waals surface area (Å²) in [6.45, 7) is 1.82. The van der Waals surface area contributed by atoms with Crippen molar-refractivity contribution < 1.29 is 27.8 Å². The second kappa shape index (κ2) is 9.11. The number of rotatable bonds is 11. The summed E-state index contributed by atoms with van der Waals surface area (Å²) in [6, 6.07) is 1.30. The van der Waals surface area contributed by atoms with Crippen molar-refractivity contribution in [1.29, 1.82) is 0 Å². The number of methoxy groups -OCH3 is 1. The fourth-order valence-electron chi connectivity index (χ4n) is 1.52. The maximum absolute atomic E-state index is 12.0. The summed E-state index contributed by atoms with van der Waals surface area (Å²) in [7, 11) is -2.18. The van der Waals surface area contributed by atoms with Crippen LogP contribution in [0.5, 0.6) is 0 Å². The van der Waals surface area contributed by atoms with Crippen LogP contribution in [-0.2, 0) is 19.5 Å². The van der Waals surface area contributed by atoms with Gasteiger partial charge in [-0.05, 0) is 24.3 Å². The molecule has 0 aliphatic heterocycles. The highest BCUT2D eigenvalue weighted by Crippen LogP contribution is 2.21. The van der Waals surface area contributed by atoms with Crippen LogP contribution in [0.3, 0.4) is 0 Å². The summed E-state index contributed by atoms with van der Waals surface area (Å²) in [4.78, 5) is 10.6. The molecule has 0 radical (unpaired) electrons. The smallest absolute Gasteiger partial charge is 0.347 e. The van der Waals surface area contributed by atoms with Gasteiger partial charge in [-0.25, -0.2) is 17.9 Å². The van der Waals surface area contributed by atoms with E-state index >= 15 is 0 Å². The molecule has 1 heterocycles. The normalized spacial score (nSPS) is 11.7. The number of carbonyl (C=O) groups is 1. The summed E-state index contributed by atoms with van der Waals surface area (Å²) in [5.74, 6) is -1.24. The highest BCUT2D eigenvalue weighted by Gasteiger charge is 2.23. The van der Waals surface area contributed by atoms with Crippen LogP contribution in [0.25, 0.3) is 0 Å². The number of nitrogens with one attached hydrogen (secondary N) is 1. The van der Waals surface area contributed by atoms with Gasteiger partial charge in [0.05, 0.1) is 13.2 Å². The van der Waals surface area contributed by atoms with Crippen molar-refractivity contribution in [2.75, 3.05) is 33.5 Å². The molecule has 21 heavy (non-hydrogen) atoms. The Bertz CT molecular complexity index is 540. The van der Waals surface area contributed by atoms with E-state index in [1.54, 1.807) is 7.11 Å². The maximum Gasteiger partial charge on any atom is 0.347 e. The van der Waals surface area contributed by atoms with Gasteiger partial charge in [0.15, 0.2) is 0 Å². The molecule has 1 aromatic rings. The average molecular weight is 337 g/mol. The monoisotopic (exact) mass is 337 g/mol. The highest BCUT2D eigenvalue weighted by molar-refractivity contribution is 7.89. The molecule has 0 fully saturated rings. The van der Waals surface area contributed by atoms with Gasteiger partial charge in [-0.3, -0.25) is 0 Å². The summed E-state index contributed by atoms with van der Waals surface area (Å²) in [5.41, 5.74) is 0. The van der Waals surface area contributed by atoms with Crippen LogP contribution in [0.1, 0.15) is 22.5 Å². The SMILES string of the molecule is COCCOCCCCNS(=O)(=O)c1ccsc1C(=O)O. The lowest BCUT2D eigenvalue weighted by atomic mass is 10.3. The third-order valence-electron chi connectivity index (χ3n) is 2.55. The molecular formula is C12H19NO6S2.